The summed E-state index contributed by atoms with van der Waals surface area (Å²) in [5.74, 6) is 0. The van der Waals surface area contributed by atoms with Crippen molar-refractivity contribution in [3.8, 4) is 0 Å². The Bertz CT molecular complexity index is 446. The maximum atomic E-state index is 6.18. The highest BCUT2D eigenvalue weighted by molar-refractivity contribution is 6.42. The summed E-state index contributed by atoms with van der Waals surface area (Å²) in [6.07, 6.45) is 3.57. The van der Waals surface area contributed by atoms with E-state index in [-0.39, 0.29) is 5.41 Å². The first-order valence-corrected chi connectivity index (χ1v) is 7.80. The van der Waals surface area contributed by atoms with Crippen LogP contribution in [0.4, 0.5) is 0 Å². The van der Waals surface area contributed by atoms with Crippen molar-refractivity contribution >= 4 is 23.2 Å². The molecule has 106 valence electrons. The minimum atomic E-state index is 0.229. The van der Waals surface area contributed by atoms with Gasteiger partial charge in [-0.2, -0.15) is 0 Å². The van der Waals surface area contributed by atoms with E-state index in [1.165, 1.54) is 24.8 Å². The Morgan fingerprint density at radius 1 is 1.16 bits per heavy atom. The zero-order valence-corrected chi connectivity index (χ0v) is 13.5. The van der Waals surface area contributed by atoms with Crippen LogP contribution in [-0.4, -0.2) is 13.1 Å². The Labute approximate surface area is 126 Å². The molecule has 0 heterocycles. The second-order valence-corrected chi connectivity index (χ2v) is 7.42. The van der Waals surface area contributed by atoms with Gasteiger partial charge in [-0.1, -0.05) is 50.0 Å². The summed E-state index contributed by atoms with van der Waals surface area (Å²) in [4.78, 5) is 0. The van der Waals surface area contributed by atoms with Crippen molar-refractivity contribution in [3.05, 3.63) is 33.8 Å². The molecule has 1 saturated carbocycles. The molecule has 1 aliphatic carbocycles. The maximum absolute atomic E-state index is 6.18. The second kappa shape index (κ2) is 5.63. The largest absolute Gasteiger partial charge is 0.316 e. The van der Waals surface area contributed by atoms with Crippen LogP contribution in [0.3, 0.4) is 0 Å². The van der Waals surface area contributed by atoms with Crippen molar-refractivity contribution in [2.24, 2.45) is 5.41 Å². The van der Waals surface area contributed by atoms with Crippen LogP contribution in [0.5, 0.6) is 0 Å². The third kappa shape index (κ3) is 3.26. The lowest BCUT2D eigenvalue weighted by atomic mass is 9.52. The summed E-state index contributed by atoms with van der Waals surface area (Å²) in [6, 6.07) is 6.11. The molecule has 0 unspecified atom stereocenters. The molecule has 0 saturated heterocycles. The van der Waals surface area contributed by atoms with E-state index in [1.807, 2.05) is 12.1 Å². The fourth-order valence-corrected chi connectivity index (χ4v) is 3.84. The summed E-state index contributed by atoms with van der Waals surface area (Å²) < 4.78 is 0. The summed E-state index contributed by atoms with van der Waals surface area (Å²) in [7, 11) is 0. The maximum Gasteiger partial charge on any atom is 0.0595 e. The number of hydrogen-bond acceptors (Lipinski definition) is 1. The van der Waals surface area contributed by atoms with E-state index >= 15 is 0 Å². The first-order chi connectivity index (χ1) is 8.88. The third-order valence-electron chi connectivity index (χ3n) is 4.06. The van der Waals surface area contributed by atoms with Gasteiger partial charge in [-0.15, -0.1) is 0 Å². The molecule has 0 bridgehead atoms. The van der Waals surface area contributed by atoms with Crippen LogP contribution in [0, 0.1) is 5.41 Å². The first-order valence-electron chi connectivity index (χ1n) is 7.05. The van der Waals surface area contributed by atoms with Crippen molar-refractivity contribution in [2.45, 2.75) is 45.4 Å². The molecule has 3 heteroatoms. The van der Waals surface area contributed by atoms with Gasteiger partial charge < -0.3 is 5.32 Å². The quantitative estimate of drug-likeness (QED) is 0.750. The Balaban J connectivity index is 2.20. The van der Waals surface area contributed by atoms with Gasteiger partial charge in [0.2, 0.25) is 0 Å². The van der Waals surface area contributed by atoms with Gasteiger partial charge in [0, 0.05) is 12.0 Å². The van der Waals surface area contributed by atoms with Gasteiger partial charge in [0.25, 0.3) is 0 Å². The van der Waals surface area contributed by atoms with Gasteiger partial charge in [0.05, 0.1) is 10.0 Å². The smallest absolute Gasteiger partial charge is 0.0595 e. The number of nitrogens with one attached hydrogen (secondary N) is 1. The Hall–Kier alpha value is -0.240. The standard InChI is InChI=1S/C16H23Cl2N/c1-4-7-19-11-16(9-15(2,3)10-16)12-5-6-13(17)14(18)8-12/h5-6,8,19H,4,7,9-11H2,1-3H3. The Kier molecular flexibility index (Phi) is 4.49. The minimum absolute atomic E-state index is 0.229. The van der Waals surface area contributed by atoms with Crippen LogP contribution >= 0.6 is 23.2 Å². The van der Waals surface area contributed by atoms with E-state index < -0.39 is 0 Å². The Morgan fingerprint density at radius 3 is 2.37 bits per heavy atom. The molecule has 19 heavy (non-hydrogen) atoms. The van der Waals surface area contributed by atoms with Crippen LogP contribution in [0.1, 0.15) is 45.6 Å². The van der Waals surface area contributed by atoms with Crippen LogP contribution in [0.2, 0.25) is 10.0 Å². The zero-order chi connectivity index (χ0) is 14.1. The molecule has 0 atom stereocenters. The van der Waals surface area contributed by atoms with E-state index in [0.717, 1.165) is 13.1 Å². The average molecular weight is 300 g/mol. The molecule has 1 aliphatic rings. The predicted octanol–water partition coefficient (Wildman–Crippen LogP) is 5.05. The molecule has 0 aliphatic heterocycles. The summed E-state index contributed by atoms with van der Waals surface area (Å²) >= 11 is 12.2. The van der Waals surface area contributed by atoms with E-state index in [1.54, 1.807) is 0 Å². The average Bonchev–Trinajstić information content (AvgIpc) is 2.30. The van der Waals surface area contributed by atoms with Gasteiger partial charge in [0.1, 0.15) is 0 Å². The van der Waals surface area contributed by atoms with Crippen LogP contribution in [-0.2, 0) is 5.41 Å². The lowest BCUT2D eigenvalue weighted by Crippen LogP contribution is -2.52. The second-order valence-electron chi connectivity index (χ2n) is 6.60. The van der Waals surface area contributed by atoms with Gasteiger partial charge in [-0.25, -0.2) is 0 Å². The predicted molar refractivity (Wildman–Crippen MR) is 84.3 cm³/mol. The van der Waals surface area contributed by atoms with Crippen molar-refractivity contribution in [1.29, 1.82) is 0 Å². The highest BCUT2D eigenvalue weighted by atomic mass is 35.5. The molecule has 1 fully saturated rings. The number of halogens is 2. The molecule has 0 radical (unpaired) electrons. The van der Waals surface area contributed by atoms with Crippen LogP contribution < -0.4 is 5.32 Å². The van der Waals surface area contributed by atoms with Gasteiger partial charge >= 0.3 is 0 Å². The normalized spacial score (nSPS) is 20.1. The minimum Gasteiger partial charge on any atom is -0.316 e. The van der Waals surface area contributed by atoms with Crippen molar-refractivity contribution < 1.29 is 0 Å². The molecule has 2 rings (SSSR count). The lowest BCUT2D eigenvalue weighted by Gasteiger charge is -2.54. The topological polar surface area (TPSA) is 12.0 Å². The molecule has 1 aromatic rings. The van der Waals surface area contributed by atoms with Crippen LogP contribution in [0.25, 0.3) is 0 Å². The zero-order valence-electron chi connectivity index (χ0n) is 12.0. The van der Waals surface area contributed by atoms with Crippen molar-refractivity contribution in [2.75, 3.05) is 13.1 Å². The molecular formula is C16H23Cl2N. The van der Waals surface area contributed by atoms with Gasteiger partial charge in [-0.05, 0) is 48.9 Å². The lowest BCUT2D eigenvalue weighted by molar-refractivity contribution is 0.0565. The first kappa shape index (κ1) is 15.2. The third-order valence-corrected chi connectivity index (χ3v) is 4.80. The van der Waals surface area contributed by atoms with E-state index in [2.05, 4.69) is 32.2 Å². The SMILES string of the molecule is CCCNCC1(c2ccc(Cl)c(Cl)c2)CC(C)(C)C1. The molecule has 1 nitrogen and oxygen atoms in total. The van der Waals surface area contributed by atoms with Gasteiger partial charge in [-0.3, -0.25) is 0 Å². The molecule has 1 aromatic carbocycles. The number of rotatable bonds is 5. The molecule has 1 N–H and O–H groups in total. The fraction of sp³-hybridized carbons (Fsp3) is 0.625. The summed E-state index contributed by atoms with van der Waals surface area (Å²) in [5, 5.41) is 4.88. The van der Waals surface area contributed by atoms with E-state index in [9.17, 15) is 0 Å². The van der Waals surface area contributed by atoms with Crippen LogP contribution in [0.15, 0.2) is 18.2 Å². The molecule has 0 spiro atoms. The van der Waals surface area contributed by atoms with E-state index in [4.69, 9.17) is 23.2 Å². The number of hydrogen-bond donors (Lipinski definition) is 1. The summed E-state index contributed by atoms with van der Waals surface area (Å²) in [6.45, 7) is 8.97. The molecule has 0 amide bonds. The van der Waals surface area contributed by atoms with Crippen molar-refractivity contribution in [3.63, 3.8) is 0 Å². The van der Waals surface area contributed by atoms with Crippen molar-refractivity contribution in [1.82, 2.24) is 5.32 Å². The van der Waals surface area contributed by atoms with Gasteiger partial charge in [0.15, 0.2) is 0 Å². The fourth-order valence-electron chi connectivity index (χ4n) is 3.54. The Morgan fingerprint density at radius 2 is 1.84 bits per heavy atom. The highest BCUT2D eigenvalue weighted by Crippen LogP contribution is 2.55. The monoisotopic (exact) mass is 299 g/mol. The number of benzene rings is 1. The van der Waals surface area contributed by atoms with E-state index in [0.29, 0.717) is 15.5 Å². The highest BCUT2D eigenvalue weighted by Gasteiger charge is 2.49. The molecule has 0 aromatic heterocycles. The molecular weight excluding hydrogens is 277 g/mol. The summed E-state index contributed by atoms with van der Waals surface area (Å²) in [5.41, 5.74) is 1.98.